The van der Waals surface area contributed by atoms with Crippen LogP contribution in [0.5, 0.6) is 0 Å². The van der Waals surface area contributed by atoms with E-state index in [9.17, 15) is 29.1 Å². The van der Waals surface area contributed by atoms with E-state index >= 15 is 0 Å². The molecule has 1 fully saturated rings. The van der Waals surface area contributed by atoms with Gasteiger partial charge in [0.2, 0.25) is 3.79 Å². The van der Waals surface area contributed by atoms with Gasteiger partial charge in [0.1, 0.15) is 30.3 Å². The summed E-state index contributed by atoms with van der Waals surface area (Å²) in [6, 6.07) is 4.52. The predicted molar refractivity (Wildman–Crippen MR) is 123 cm³/mol. The molecule has 2 atom stereocenters. The molecule has 10 nitrogen and oxygen atoms in total. The molecule has 1 unspecified atom stereocenters. The number of carbonyl (C=O) groups is 5. The molecule has 0 spiro atoms. The van der Waals surface area contributed by atoms with Gasteiger partial charge in [-0.3, -0.25) is 19.3 Å². The Morgan fingerprint density at radius 1 is 1.18 bits per heavy atom. The number of rotatable bonds is 7. The minimum absolute atomic E-state index is 0.115. The summed E-state index contributed by atoms with van der Waals surface area (Å²) >= 11 is 18.1. The van der Waals surface area contributed by atoms with Crippen LogP contribution in [0.3, 0.4) is 0 Å². The van der Waals surface area contributed by atoms with Crippen molar-refractivity contribution in [2.45, 2.75) is 22.1 Å². The minimum Gasteiger partial charge on any atom is -0.478 e. The summed E-state index contributed by atoms with van der Waals surface area (Å²) in [7, 11) is 0. The molecule has 2 N–H and O–H groups in total. The van der Waals surface area contributed by atoms with Crippen LogP contribution in [0.25, 0.3) is 0 Å². The number of nitrogens with zero attached hydrogens (tertiary/aromatic N) is 1. The molecule has 0 aliphatic carbocycles. The van der Waals surface area contributed by atoms with E-state index in [1.54, 1.807) is 0 Å². The van der Waals surface area contributed by atoms with Gasteiger partial charge in [-0.05, 0) is 12.1 Å². The number of alkyl halides is 3. The van der Waals surface area contributed by atoms with Gasteiger partial charge in [-0.1, -0.05) is 46.9 Å². The second-order valence-electron chi connectivity index (χ2n) is 7.14. The summed E-state index contributed by atoms with van der Waals surface area (Å²) in [5, 5.41) is 11.1. The highest BCUT2D eigenvalue weighted by atomic mass is 35.6. The number of carbonyl (C=O) groups excluding carboxylic acids is 4. The van der Waals surface area contributed by atoms with Gasteiger partial charge >= 0.3 is 17.9 Å². The maximum Gasteiger partial charge on any atom is 0.355 e. The Bertz CT molecular complexity index is 1090. The van der Waals surface area contributed by atoms with Gasteiger partial charge in [0.05, 0.1) is 11.1 Å². The number of carboxylic acid groups (broad SMARTS) is 1. The molecule has 2 heterocycles. The number of esters is 2. The first-order chi connectivity index (χ1) is 15.9. The lowest BCUT2D eigenvalue weighted by Crippen LogP contribution is -2.70. The van der Waals surface area contributed by atoms with Gasteiger partial charge in [0.25, 0.3) is 11.8 Å². The summed E-state index contributed by atoms with van der Waals surface area (Å²) in [6.45, 7) is 0.336. The maximum atomic E-state index is 12.9. The van der Waals surface area contributed by atoms with Crippen LogP contribution in [0.2, 0.25) is 0 Å². The molecule has 0 radical (unpaired) electrons. The zero-order valence-corrected chi connectivity index (χ0v) is 20.5. The zero-order chi connectivity index (χ0) is 25.2. The topological polar surface area (TPSA) is 139 Å². The average Bonchev–Trinajstić information content (AvgIpc) is 2.78. The molecule has 1 aromatic carbocycles. The molecule has 2 amide bonds. The lowest BCUT2D eigenvalue weighted by Gasteiger charge is -2.49. The molecule has 3 rings (SSSR count). The standard InChI is InChI=1S/C20H17Cl3N2O8S/c1-9(26)32-6-10-7-34-17-13(24-15(27)11-4-2-3-5-12(11)18(29)30)16(28)25(17)14(10)19(31)33-8-20(21,22)23/h2-5,13,17H,6-8H2,1H3,(H,24,27)(H,29,30)/t13?,17-/m1/s1. The highest BCUT2D eigenvalue weighted by molar-refractivity contribution is 8.00. The summed E-state index contributed by atoms with van der Waals surface area (Å²) in [6.07, 6.45) is 0. The van der Waals surface area contributed by atoms with Crippen LogP contribution in [-0.4, -0.2) is 73.9 Å². The summed E-state index contributed by atoms with van der Waals surface area (Å²) in [5.41, 5.74) is -0.198. The molecule has 182 valence electrons. The van der Waals surface area contributed by atoms with Crippen molar-refractivity contribution >= 4 is 76.3 Å². The van der Waals surface area contributed by atoms with Crippen molar-refractivity contribution in [1.29, 1.82) is 0 Å². The predicted octanol–water partition coefficient (Wildman–Crippen LogP) is 2.13. The van der Waals surface area contributed by atoms with Crippen LogP contribution >= 0.6 is 46.6 Å². The lowest BCUT2D eigenvalue weighted by molar-refractivity contribution is -0.151. The second-order valence-corrected chi connectivity index (χ2v) is 10.8. The Kier molecular flexibility index (Phi) is 8.02. The van der Waals surface area contributed by atoms with Crippen molar-refractivity contribution in [2.24, 2.45) is 0 Å². The number of hydrogen-bond donors (Lipinski definition) is 2. The van der Waals surface area contributed by atoms with E-state index in [1.165, 1.54) is 43.0 Å². The van der Waals surface area contributed by atoms with Crippen molar-refractivity contribution in [3.63, 3.8) is 0 Å². The van der Waals surface area contributed by atoms with E-state index in [0.717, 1.165) is 4.90 Å². The van der Waals surface area contributed by atoms with Gasteiger partial charge in [-0.2, -0.15) is 0 Å². The molecule has 2 aliphatic heterocycles. The first-order valence-corrected chi connectivity index (χ1v) is 11.8. The SMILES string of the molecule is CC(=O)OCC1=C(C(=O)OCC(Cl)(Cl)Cl)N2C(=O)C(NC(=O)c3ccccc3C(=O)O)[C@H]2SC1. The third-order valence-electron chi connectivity index (χ3n) is 4.75. The van der Waals surface area contributed by atoms with Crippen molar-refractivity contribution in [2.75, 3.05) is 19.0 Å². The van der Waals surface area contributed by atoms with Gasteiger partial charge in [-0.25, -0.2) is 9.59 Å². The van der Waals surface area contributed by atoms with Crippen molar-refractivity contribution in [3.8, 4) is 0 Å². The number of amides is 2. The van der Waals surface area contributed by atoms with Crippen LogP contribution in [-0.2, 0) is 23.9 Å². The lowest BCUT2D eigenvalue weighted by atomic mass is 10.0. The number of halogens is 3. The quantitative estimate of drug-likeness (QED) is 0.296. The van der Waals surface area contributed by atoms with Crippen LogP contribution in [0.4, 0.5) is 0 Å². The Hall–Kier alpha value is -2.47. The summed E-state index contributed by atoms with van der Waals surface area (Å²) in [5.74, 6) is -4.07. The van der Waals surface area contributed by atoms with Crippen molar-refractivity contribution < 1.29 is 38.6 Å². The Labute approximate surface area is 212 Å². The first-order valence-electron chi connectivity index (χ1n) is 9.58. The molecule has 1 aromatic rings. The number of thioether (sulfide) groups is 1. The Morgan fingerprint density at radius 3 is 2.41 bits per heavy atom. The molecular weight excluding hydrogens is 535 g/mol. The maximum absolute atomic E-state index is 12.9. The monoisotopic (exact) mass is 550 g/mol. The molecule has 0 aromatic heterocycles. The van der Waals surface area contributed by atoms with Gasteiger partial charge < -0.3 is 19.9 Å². The number of ether oxygens (including phenoxy) is 2. The molecule has 2 aliphatic rings. The normalized spacial score (nSPS) is 19.6. The first kappa shape index (κ1) is 26.1. The molecule has 1 saturated heterocycles. The number of carboxylic acids is 1. The van der Waals surface area contributed by atoms with Crippen LogP contribution < -0.4 is 5.32 Å². The van der Waals surface area contributed by atoms with Crippen LogP contribution in [0, 0.1) is 0 Å². The van der Waals surface area contributed by atoms with Crippen LogP contribution in [0.1, 0.15) is 27.6 Å². The van der Waals surface area contributed by atoms with E-state index in [4.69, 9.17) is 44.3 Å². The van der Waals surface area contributed by atoms with Crippen molar-refractivity contribution in [1.82, 2.24) is 10.2 Å². The number of hydrogen-bond acceptors (Lipinski definition) is 8. The van der Waals surface area contributed by atoms with Gasteiger partial charge in [0.15, 0.2) is 0 Å². The summed E-state index contributed by atoms with van der Waals surface area (Å²) in [4.78, 5) is 62.1. The van der Waals surface area contributed by atoms with E-state index in [1.807, 2.05) is 0 Å². The number of β-lactam (4-membered cyclic amide) rings is 1. The third-order valence-corrected chi connectivity index (χ3v) is 6.41. The number of fused-ring (bicyclic) bond motifs is 1. The van der Waals surface area contributed by atoms with Gasteiger partial charge in [-0.15, -0.1) is 11.8 Å². The summed E-state index contributed by atoms with van der Waals surface area (Å²) < 4.78 is 8.11. The zero-order valence-electron chi connectivity index (χ0n) is 17.4. The van der Waals surface area contributed by atoms with E-state index in [-0.39, 0.29) is 29.2 Å². The average molecular weight is 552 g/mol. The fraction of sp³-hybridized carbons (Fsp3) is 0.350. The Morgan fingerprint density at radius 2 is 1.82 bits per heavy atom. The van der Waals surface area contributed by atoms with E-state index in [0.29, 0.717) is 5.57 Å². The number of nitrogens with one attached hydrogen (secondary N) is 1. The van der Waals surface area contributed by atoms with Crippen molar-refractivity contribution in [3.05, 3.63) is 46.7 Å². The molecule has 0 bridgehead atoms. The molecule has 0 saturated carbocycles. The molecule has 14 heteroatoms. The fourth-order valence-corrected chi connectivity index (χ4v) is 4.76. The van der Waals surface area contributed by atoms with E-state index < -0.39 is 51.5 Å². The van der Waals surface area contributed by atoms with E-state index in [2.05, 4.69) is 5.32 Å². The fourth-order valence-electron chi connectivity index (χ4n) is 3.27. The number of aromatic carboxylic acids is 1. The number of benzene rings is 1. The largest absolute Gasteiger partial charge is 0.478 e. The van der Waals surface area contributed by atoms with Crippen LogP contribution in [0.15, 0.2) is 35.5 Å². The molecule has 34 heavy (non-hydrogen) atoms. The molecular formula is C20H17Cl3N2O8S. The highest BCUT2D eigenvalue weighted by Gasteiger charge is 2.54. The third kappa shape index (κ3) is 5.77. The second kappa shape index (κ2) is 10.4. The van der Waals surface area contributed by atoms with Gasteiger partial charge in [0, 0.05) is 18.2 Å². The smallest absolute Gasteiger partial charge is 0.355 e. The highest BCUT2D eigenvalue weighted by Crippen LogP contribution is 2.41. The minimum atomic E-state index is -1.89. The Balaban J connectivity index is 1.82.